The Morgan fingerprint density at radius 2 is 1.43 bits per heavy atom. The number of carbonyl (C=O) groups is 2. The van der Waals surface area contributed by atoms with Gasteiger partial charge in [0.1, 0.15) is 35.6 Å². The van der Waals surface area contributed by atoms with Crippen molar-refractivity contribution in [2.45, 2.75) is 83.4 Å². The molecule has 0 aromatic carbocycles. The lowest BCUT2D eigenvalue weighted by atomic mass is 9.97. The Balaban J connectivity index is 3.15. The fourth-order valence-electron chi connectivity index (χ4n) is 2.44. The first-order valence-electron chi connectivity index (χ1n) is 9.40. The zero-order valence-corrected chi connectivity index (χ0v) is 18.3. The number of alkyl carbamates (subject to hydrolysis) is 2. The zero-order chi connectivity index (χ0) is 23.3. The molecule has 174 valence electrons. The first-order chi connectivity index (χ1) is 13.7. The number of methoxy groups -OCH3 is 1. The normalized spacial score (nSPS) is 27.1. The van der Waals surface area contributed by atoms with Gasteiger partial charge in [0.25, 0.3) is 0 Å². The third-order valence-electron chi connectivity index (χ3n) is 3.60. The summed E-state index contributed by atoms with van der Waals surface area (Å²) >= 11 is 0. The number of aliphatic imine (C=N–C) groups is 1. The van der Waals surface area contributed by atoms with Crippen LogP contribution in [0.3, 0.4) is 0 Å². The molecular formula is C18H33N3O9. The molecule has 1 aliphatic heterocycles. The summed E-state index contributed by atoms with van der Waals surface area (Å²) in [5, 5.41) is 34.3. The Bertz CT molecular complexity index is 593. The molecule has 12 nitrogen and oxygen atoms in total. The molecule has 5 atom stereocenters. The van der Waals surface area contributed by atoms with Crippen molar-refractivity contribution >= 4 is 18.1 Å². The topological polar surface area (TPSA) is 168 Å². The summed E-state index contributed by atoms with van der Waals surface area (Å²) in [6, 6.07) is -1.26. The average molecular weight is 435 g/mol. The summed E-state index contributed by atoms with van der Waals surface area (Å²) in [4.78, 5) is 28.4. The van der Waals surface area contributed by atoms with Gasteiger partial charge in [-0.2, -0.15) is 0 Å². The van der Waals surface area contributed by atoms with Crippen LogP contribution in [-0.4, -0.2) is 89.0 Å². The number of hydrogen-bond acceptors (Lipinski definition) is 10. The van der Waals surface area contributed by atoms with Crippen LogP contribution in [0.25, 0.3) is 0 Å². The maximum absolute atomic E-state index is 12.2. The molecule has 1 heterocycles. The minimum atomic E-state index is -1.53. The van der Waals surface area contributed by atoms with Crippen LogP contribution in [0.15, 0.2) is 4.99 Å². The second-order valence-electron chi connectivity index (χ2n) is 8.66. The fraction of sp³-hybridized carbons (Fsp3) is 0.833. The highest BCUT2D eigenvalue weighted by Gasteiger charge is 2.45. The first-order valence-corrected chi connectivity index (χ1v) is 9.40. The van der Waals surface area contributed by atoms with Crippen LogP contribution >= 0.6 is 0 Å². The van der Waals surface area contributed by atoms with Gasteiger partial charge in [0.05, 0.1) is 6.61 Å². The Morgan fingerprint density at radius 3 is 1.80 bits per heavy atom. The predicted molar refractivity (Wildman–Crippen MR) is 105 cm³/mol. The lowest BCUT2D eigenvalue weighted by molar-refractivity contribution is -0.257. The molecule has 0 spiro atoms. The predicted octanol–water partition coefficient (Wildman–Crippen LogP) is -0.154. The molecule has 12 heteroatoms. The zero-order valence-electron chi connectivity index (χ0n) is 18.3. The highest BCUT2D eigenvalue weighted by atomic mass is 16.7. The standard InChI is InChI=1S/C18H33N3O9/c1-17(2,3)29-15(25)20-14(21-16(26)30-18(4,5)6)19-10-12(24)11(23)9(8-22)28-13(10)27-7/h9-13,22-24H,8H2,1-7H3,(H2,19,20,21,25,26)/t9-,10+,11+,12-,13?/m1/s1. The molecule has 1 aliphatic rings. The number of rotatable bonds is 3. The number of aliphatic hydroxyl groups is 3. The van der Waals surface area contributed by atoms with E-state index in [1.165, 1.54) is 7.11 Å². The van der Waals surface area contributed by atoms with Gasteiger partial charge in [-0.05, 0) is 41.5 Å². The van der Waals surface area contributed by atoms with Gasteiger partial charge in [-0.3, -0.25) is 10.6 Å². The Kier molecular flexibility index (Phi) is 8.99. The molecule has 2 amide bonds. The number of carbonyl (C=O) groups excluding carboxylic acids is 2. The monoisotopic (exact) mass is 435 g/mol. The van der Waals surface area contributed by atoms with E-state index in [1.54, 1.807) is 41.5 Å². The minimum absolute atomic E-state index is 0.414. The second kappa shape index (κ2) is 10.4. The van der Waals surface area contributed by atoms with Gasteiger partial charge in [-0.15, -0.1) is 0 Å². The van der Waals surface area contributed by atoms with E-state index in [0.717, 1.165) is 0 Å². The maximum atomic E-state index is 12.2. The highest BCUT2D eigenvalue weighted by Crippen LogP contribution is 2.24. The van der Waals surface area contributed by atoms with Crippen molar-refractivity contribution < 1.29 is 43.9 Å². The van der Waals surface area contributed by atoms with Crippen molar-refractivity contribution in [2.75, 3.05) is 13.7 Å². The Morgan fingerprint density at radius 1 is 0.967 bits per heavy atom. The van der Waals surface area contributed by atoms with Crippen LogP contribution in [0.5, 0.6) is 0 Å². The van der Waals surface area contributed by atoms with Crippen molar-refractivity contribution in [1.82, 2.24) is 10.6 Å². The number of hydrogen-bond donors (Lipinski definition) is 5. The van der Waals surface area contributed by atoms with E-state index in [2.05, 4.69) is 15.6 Å². The highest BCUT2D eigenvalue weighted by molar-refractivity contribution is 6.01. The van der Waals surface area contributed by atoms with Crippen molar-refractivity contribution in [3.63, 3.8) is 0 Å². The SMILES string of the molecule is COC1O[C@H](CO)[C@H](O)[C@H](O)[C@@H]1N=C(NC(=O)OC(C)(C)C)NC(=O)OC(C)(C)C. The summed E-state index contributed by atoms with van der Waals surface area (Å²) in [5.74, 6) is -0.414. The van der Waals surface area contributed by atoms with Gasteiger partial charge in [-0.1, -0.05) is 0 Å². The molecule has 0 aromatic heterocycles. The lowest BCUT2D eigenvalue weighted by Gasteiger charge is -2.39. The second-order valence-corrected chi connectivity index (χ2v) is 8.66. The van der Waals surface area contributed by atoms with Gasteiger partial charge in [0, 0.05) is 7.11 Å². The van der Waals surface area contributed by atoms with Crippen LogP contribution in [0.2, 0.25) is 0 Å². The summed E-state index contributed by atoms with van der Waals surface area (Å²) in [6.45, 7) is 9.33. The van der Waals surface area contributed by atoms with Crippen LogP contribution in [0.4, 0.5) is 9.59 Å². The number of nitrogens with zero attached hydrogens (tertiary/aromatic N) is 1. The molecule has 30 heavy (non-hydrogen) atoms. The van der Waals surface area contributed by atoms with Gasteiger partial charge in [0.15, 0.2) is 6.29 Å². The average Bonchev–Trinajstić information content (AvgIpc) is 2.55. The summed E-state index contributed by atoms with van der Waals surface area (Å²) in [6.07, 6.45) is -7.15. The van der Waals surface area contributed by atoms with Crippen molar-refractivity contribution in [2.24, 2.45) is 4.99 Å². The fourth-order valence-corrected chi connectivity index (χ4v) is 2.44. The molecule has 1 rings (SSSR count). The van der Waals surface area contributed by atoms with E-state index in [4.69, 9.17) is 18.9 Å². The number of guanidine groups is 1. The number of ether oxygens (including phenoxy) is 4. The molecule has 0 aromatic rings. The van der Waals surface area contributed by atoms with Crippen LogP contribution < -0.4 is 10.6 Å². The number of nitrogens with one attached hydrogen (secondary N) is 2. The van der Waals surface area contributed by atoms with E-state index < -0.39 is 66.6 Å². The van der Waals surface area contributed by atoms with Gasteiger partial charge in [-0.25, -0.2) is 14.6 Å². The first kappa shape index (κ1) is 26.0. The largest absolute Gasteiger partial charge is 0.444 e. The quantitative estimate of drug-likeness (QED) is 0.299. The molecule has 0 saturated carbocycles. The summed E-state index contributed by atoms with van der Waals surface area (Å²) in [5.41, 5.74) is -1.65. The lowest BCUT2D eigenvalue weighted by Crippen LogP contribution is -2.59. The molecule has 1 fully saturated rings. The van der Waals surface area contributed by atoms with E-state index in [9.17, 15) is 24.9 Å². The molecule has 0 aliphatic carbocycles. The smallest absolute Gasteiger partial charge is 0.414 e. The Hall–Kier alpha value is -1.99. The molecule has 5 N–H and O–H groups in total. The van der Waals surface area contributed by atoms with Crippen LogP contribution in [0.1, 0.15) is 41.5 Å². The minimum Gasteiger partial charge on any atom is -0.444 e. The molecule has 0 bridgehead atoms. The van der Waals surface area contributed by atoms with Gasteiger partial charge < -0.3 is 34.3 Å². The molecule has 0 radical (unpaired) electrons. The third-order valence-corrected chi connectivity index (χ3v) is 3.60. The molecule has 1 saturated heterocycles. The number of amides is 2. The van der Waals surface area contributed by atoms with Crippen LogP contribution in [-0.2, 0) is 18.9 Å². The van der Waals surface area contributed by atoms with Crippen molar-refractivity contribution in [1.29, 1.82) is 0 Å². The van der Waals surface area contributed by atoms with Crippen LogP contribution in [0, 0.1) is 0 Å². The molecule has 1 unspecified atom stereocenters. The van der Waals surface area contributed by atoms with Crippen molar-refractivity contribution in [3.05, 3.63) is 0 Å². The van der Waals surface area contributed by atoms with E-state index in [-0.39, 0.29) is 0 Å². The van der Waals surface area contributed by atoms with E-state index in [1.807, 2.05) is 0 Å². The Labute approximate surface area is 175 Å². The van der Waals surface area contributed by atoms with Crippen molar-refractivity contribution in [3.8, 4) is 0 Å². The maximum Gasteiger partial charge on any atom is 0.414 e. The van der Waals surface area contributed by atoms with Gasteiger partial charge >= 0.3 is 12.2 Å². The third kappa shape index (κ3) is 8.40. The molecular weight excluding hydrogens is 402 g/mol. The van der Waals surface area contributed by atoms with Gasteiger partial charge in [0.2, 0.25) is 5.96 Å². The van der Waals surface area contributed by atoms with E-state index in [0.29, 0.717) is 0 Å². The summed E-state index contributed by atoms with van der Waals surface area (Å²) < 4.78 is 20.8. The summed E-state index contributed by atoms with van der Waals surface area (Å²) in [7, 11) is 1.27. The number of aliphatic hydroxyl groups excluding tert-OH is 3. The van der Waals surface area contributed by atoms with E-state index >= 15 is 0 Å².